The van der Waals surface area contributed by atoms with Crippen LogP contribution in [0.2, 0.25) is 5.15 Å². The number of halogens is 2. The van der Waals surface area contributed by atoms with Gasteiger partial charge in [-0.15, -0.1) is 0 Å². The van der Waals surface area contributed by atoms with Crippen molar-refractivity contribution in [3.8, 4) is 5.69 Å². The van der Waals surface area contributed by atoms with E-state index in [9.17, 15) is 9.18 Å². The molecule has 0 saturated carbocycles. The van der Waals surface area contributed by atoms with Crippen LogP contribution in [0.1, 0.15) is 0 Å². The molecule has 0 saturated heterocycles. The minimum atomic E-state index is -0.756. The van der Waals surface area contributed by atoms with Gasteiger partial charge in [-0.1, -0.05) is 48.0 Å². The molecule has 1 N–H and O–H groups in total. The molecule has 6 aromatic rings. The topological polar surface area (TPSA) is 72.7 Å². The van der Waals surface area contributed by atoms with Gasteiger partial charge in [-0.25, -0.2) is 9.37 Å². The van der Waals surface area contributed by atoms with Crippen molar-refractivity contribution in [3.63, 3.8) is 0 Å². The van der Waals surface area contributed by atoms with Crippen LogP contribution in [-0.4, -0.2) is 19.5 Å². The summed E-state index contributed by atoms with van der Waals surface area (Å²) in [6.07, 6.45) is 3.36. The Labute approximate surface area is 197 Å². The lowest BCUT2D eigenvalue weighted by atomic mass is 10.2. The maximum absolute atomic E-state index is 14.2. The smallest absolute Gasteiger partial charge is 0.193 e. The molecule has 0 amide bonds. The minimum Gasteiger partial charge on any atom is -0.340 e. The number of aromatic nitrogens is 4. The number of nitrogens with zero attached hydrogens (tertiary/aromatic N) is 4. The molecule has 8 heteroatoms. The van der Waals surface area contributed by atoms with Gasteiger partial charge in [0.2, 0.25) is 0 Å². The summed E-state index contributed by atoms with van der Waals surface area (Å²) in [6.45, 7) is 0. The first-order chi connectivity index (χ1) is 16.6. The SMILES string of the molecule is O=c1cc(Nc2cnc3ccccc3c2)n(-c2cnc3ccccc3c2)c2nc(Cl)c(F)cc12. The molecule has 6 rings (SSSR count). The lowest BCUT2D eigenvalue weighted by Gasteiger charge is -2.18. The highest BCUT2D eigenvalue weighted by molar-refractivity contribution is 6.29. The molecule has 0 radical (unpaired) electrons. The van der Waals surface area contributed by atoms with Crippen LogP contribution >= 0.6 is 11.6 Å². The highest BCUT2D eigenvalue weighted by Crippen LogP contribution is 2.28. The van der Waals surface area contributed by atoms with Gasteiger partial charge in [0, 0.05) is 16.8 Å². The van der Waals surface area contributed by atoms with Crippen LogP contribution in [0.3, 0.4) is 0 Å². The summed E-state index contributed by atoms with van der Waals surface area (Å²) in [4.78, 5) is 26.2. The molecule has 4 heterocycles. The van der Waals surface area contributed by atoms with E-state index in [0.717, 1.165) is 27.9 Å². The molecule has 0 atom stereocenters. The van der Waals surface area contributed by atoms with Gasteiger partial charge in [-0.3, -0.25) is 19.3 Å². The lowest BCUT2D eigenvalue weighted by molar-refractivity contribution is 0.624. The first-order valence-corrected chi connectivity index (χ1v) is 10.8. The summed E-state index contributed by atoms with van der Waals surface area (Å²) in [7, 11) is 0. The summed E-state index contributed by atoms with van der Waals surface area (Å²) < 4.78 is 15.9. The van der Waals surface area contributed by atoms with Gasteiger partial charge in [0.25, 0.3) is 0 Å². The van der Waals surface area contributed by atoms with E-state index in [-0.39, 0.29) is 21.6 Å². The van der Waals surface area contributed by atoms with Crippen LogP contribution in [0, 0.1) is 5.82 Å². The van der Waals surface area contributed by atoms with E-state index in [1.807, 2.05) is 60.7 Å². The summed E-state index contributed by atoms with van der Waals surface area (Å²) in [5.41, 5.74) is 2.81. The average Bonchev–Trinajstić information content (AvgIpc) is 2.85. The van der Waals surface area contributed by atoms with Gasteiger partial charge < -0.3 is 5.32 Å². The van der Waals surface area contributed by atoms with Gasteiger partial charge in [0.05, 0.1) is 40.2 Å². The fraction of sp³-hybridized carbons (Fsp3) is 0. The fourth-order valence-corrected chi connectivity index (χ4v) is 4.15. The first kappa shape index (κ1) is 20.3. The number of rotatable bonds is 3. The second-order valence-corrected chi connectivity index (χ2v) is 8.15. The van der Waals surface area contributed by atoms with Crippen molar-refractivity contribution in [2.24, 2.45) is 0 Å². The average molecular weight is 468 g/mol. The Balaban J connectivity index is 1.62. The predicted octanol–water partition coefficient (Wildman–Crippen LogP) is 6.02. The molecule has 164 valence electrons. The number of fused-ring (bicyclic) bond motifs is 3. The van der Waals surface area contributed by atoms with Gasteiger partial charge in [0.1, 0.15) is 5.82 Å². The van der Waals surface area contributed by atoms with Crippen LogP contribution in [0.15, 0.2) is 90.0 Å². The van der Waals surface area contributed by atoms with Gasteiger partial charge >= 0.3 is 0 Å². The van der Waals surface area contributed by atoms with Gasteiger partial charge in [0.15, 0.2) is 22.0 Å². The first-order valence-electron chi connectivity index (χ1n) is 10.5. The molecule has 0 fully saturated rings. The minimum absolute atomic E-state index is 0.109. The standard InChI is InChI=1S/C26H15ClFN5O/c27-25-20(28)11-19-23(34)12-24(31-17-9-15-5-1-3-7-21(15)29-13-17)33(26(19)32-25)18-10-16-6-2-4-8-22(16)30-14-18/h1-14,31H. The summed E-state index contributed by atoms with van der Waals surface area (Å²) >= 11 is 6.02. The zero-order chi connectivity index (χ0) is 23.2. The lowest BCUT2D eigenvalue weighted by Crippen LogP contribution is -2.14. The van der Waals surface area contributed by atoms with Gasteiger partial charge in [-0.2, -0.15) is 0 Å². The molecule has 0 unspecified atom stereocenters. The van der Waals surface area contributed by atoms with E-state index in [4.69, 9.17) is 11.6 Å². The summed E-state index contributed by atoms with van der Waals surface area (Å²) in [5.74, 6) is -0.337. The second kappa shape index (κ2) is 7.90. The molecule has 6 nitrogen and oxygen atoms in total. The van der Waals surface area contributed by atoms with Gasteiger partial charge in [-0.05, 0) is 30.3 Å². The molecular formula is C26H15ClFN5O. The van der Waals surface area contributed by atoms with Crippen molar-refractivity contribution in [1.29, 1.82) is 0 Å². The van der Waals surface area contributed by atoms with E-state index in [2.05, 4.69) is 20.3 Å². The van der Waals surface area contributed by atoms with Crippen molar-refractivity contribution in [2.75, 3.05) is 5.32 Å². The quantitative estimate of drug-likeness (QED) is 0.322. The Bertz CT molecular complexity index is 1800. The second-order valence-electron chi connectivity index (χ2n) is 7.79. The number of pyridine rings is 4. The number of benzene rings is 2. The third kappa shape index (κ3) is 3.43. The Morgan fingerprint density at radius 2 is 1.53 bits per heavy atom. The van der Waals surface area contributed by atoms with Crippen LogP contribution in [0.25, 0.3) is 38.5 Å². The molecule has 2 aromatic carbocycles. The predicted molar refractivity (Wildman–Crippen MR) is 133 cm³/mol. The van der Waals surface area contributed by atoms with E-state index in [1.54, 1.807) is 17.0 Å². The largest absolute Gasteiger partial charge is 0.340 e. The molecule has 34 heavy (non-hydrogen) atoms. The van der Waals surface area contributed by atoms with Crippen molar-refractivity contribution in [1.82, 2.24) is 19.5 Å². The highest BCUT2D eigenvalue weighted by Gasteiger charge is 2.16. The Hall–Kier alpha value is -4.36. The van der Waals surface area contributed by atoms with Crippen LogP contribution in [-0.2, 0) is 0 Å². The Kier molecular flexibility index (Phi) is 4.71. The van der Waals surface area contributed by atoms with E-state index < -0.39 is 5.82 Å². The van der Waals surface area contributed by atoms with E-state index >= 15 is 0 Å². The third-order valence-electron chi connectivity index (χ3n) is 5.60. The molecule has 0 bridgehead atoms. The maximum atomic E-state index is 14.2. The number of para-hydroxylation sites is 2. The number of hydrogen-bond donors (Lipinski definition) is 1. The normalized spacial score (nSPS) is 11.4. The molecular weight excluding hydrogens is 453 g/mol. The monoisotopic (exact) mass is 467 g/mol. The summed E-state index contributed by atoms with van der Waals surface area (Å²) in [5, 5.41) is 4.91. The molecule has 0 aliphatic heterocycles. The van der Waals surface area contributed by atoms with Crippen molar-refractivity contribution in [3.05, 3.63) is 106 Å². The van der Waals surface area contributed by atoms with Crippen molar-refractivity contribution >= 4 is 55.9 Å². The van der Waals surface area contributed by atoms with Crippen molar-refractivity contribution < 1.29 is 4.39 Å². The zero-order valence-corrected chi connectivity index (χ0v) is 18.3. The van der Waals surface area contributed by atoms with E-state index in [1.165, 1.54) is 6.07 Å². The van der Waals surface area contributed by atoms with Crippen LogP contribution in [0.5, 0.6) is 0 Å². The Morgan fingerprint density at radius 1 is 0.853 bits per heavy atom. The Morgan fingerprint density at radius 3 is 2.29 bits per heavy atom. The van der Waals surface area contributed by atoms with Crippen LogP contribution < -0.4 is 10.7 Å². The van der Waals surface area contributed by atoms with Crippen molar-refractivity contribution in [2.45, 2.75) is 0 Å². The zero-order valence-electron chi connectivity index (χ0n) is 17.5. The molecule has 0 aliphatic rings. The highest BCUT2D eigenvalue weighted by atomic mass is 35.5. The third-order valence-corrected chi connectivity index (χ3v) is 5.86. The number of nitrogens with one attached hydrogen (secondary N) is 1. The fourth-order valence-electron chi connectivity index (χ4n) is 4.01. The number of hydrogen-bond acceptors (Lipinski definition) is 5. The molecule has 4 aromatic heterocycles. The molecule has 0 aliphatic carbocycles. The van der Waals surface area contributed by atoms with Crippen LogP contribution in [0.4, 0.5) is 15.9 Å². The number of anilines is 2. The maximum Gasteiger partial charge on any atom is 0.193 e. The van der Waals surface area contributed by atoms with E-state index in [0.29, 0.717) is 17.2 Å². The molecule has 0 spiro atoms. The summed E-state index contributed by atoms with van der Waals surface area (Å²) in [6, 6.07) is 21.8.